The van der Waals surface area contributed by atoms with Gasteiger partial charge in [0.2, 0.25) is 11.2 Å². The van der Waals surface area contributed by atoms with Crippen LogP contribution in [0.25, 0.3) is 22.3 Å². The zero-order chi connectivity index (χ0) is 22.7. The summed E-state index contributed by atoms with van der Waals surface area (Å²) in [6, 6.07) is 18.5. The van der Waals surface area contributed by atoms with E-state index in [1.807, 2.05) is 0 Å². The normalized spacial score (nSPS) is 10.7. The number of hydrogen-bond donors (Lipinski definition) is 1. The summed E-state index contributed by atoms with van der Waals surface area (Å²) in [7, 11) is 1.56. The van der Waals surface area contributed by atoms with Crippen molar-refractivity contribution in [2.24, 2.45) is 0 Å². The van der Waals surface area contributed by atoms with Crippen LogP contribution in [0, 0.1) is 0 Å². The van der Waals surface area contributed by atoms with Gasteiger partial charge in [0.15, 0.2) is 12.4 Å². The first-order valence-electron chi connectivity index (χ1n) is 9.54. The summed E-state index contributed by atoms with van der Waals surface area (Å²) in [6.45, 7) is -0.410. The van der Waals surface area contributed by atoms with Crippen LogP contribution in [0.1, 0.15) is 0 Å². The van der Waals surface area contributed by atoms with Gasteiger partial charge in [-0.15, -0.1) is 0 Å². The number of anilines is 1. The van der Waals surface area contributed by atoms with Crippen molar-refractivity contribution in [1.82, 2.24) is 0 Å². The highest BCUT2D eigenvalue weighted by atomic mass is 35.5. The number of ether oxygens (including phenoxy) is 2. The van der Waals surface area contributed by atoms with Gasteiger partial charge in [-0.1, -0.05) is 35.3 Å². The minimum atomic E-state index is -0.475. The Bertz CT molecular complexity index is 1350. The third kappa shape index (κ3) is 4.56. The van der Waals surface area contributed by atoms with Gasteiger partial charge in [0.25, 0.3) is 5.91 Å². The van der Waals surface area contributed by atoms with E-state index in [4.69, 9.17) is 37.1 Å². The van der Waals surface area contributed by atoms with E-state index in [0.29, 0.717) is 38.0 Å². The van der Waals surface area contributed by atoms with Gasteiger partial charge in [-0.3, -0.25) is 9.59 Å². The number of carbonyl (C=O) groups is 1. The molecule has 0 radical (unpaired) electrons. The summed E-state index contributed by atoms with van der Waals surface area (Å²) in [4.78, 5) is 25.6. The monoisotopic (exact) mass is 469 g/mol. The Morgan fingerprint density at radius 3 is 2.47 bits per heavy atom. The molecule has 32 heavy (non-hydrogen) atoms. The maximum absolute atomic E-state index is 13.1. The highest BCUT2D eigenvalue weighted by Crippen LogP contribution is 2.32. The van der Waals surface area contributed by atoms with Gasteiger partial charge in [-0.05, 0) is 54.6 Å². The lowest BCUT2D eigenvalue weighted by Crippen LogP contribution is -2.22. The summed E-state index contributed by atoms with van der Waals surface area (Å²) in [5, 5.41) is 3.69. The third-order valence-corrected chi connectivity index (χ3v) is 5.40. The zero-order valence-electron chi connectivity index (χ0n) is 16.9. The van der Waals surface area contributed by atoms with E-state index < -0.39 is 12.5 Å². The summed E-state index contributed by atoms with van der Waals surface area (Å²) in [5.41, 5.74) is 1.10. The molecular formula is C24H17Cl2NO5. The second-order valence-electron chi connectivity index (χ2n) is 6.78. The minimum absolute atomic E-state index is 0.0573. The Morgan fingerprint density at radius 2 is 1.75 bits per heavy atom. The van der Waals surface area contributed by atoms with E-state index in [0.717, 1.165) is 0 Å². The van der Waals surface area contributed by atoms with E-state index in [1.54, 1.807) is 67.8 Å². The average molecular weight is 470 g/mol. The van der Waals surface area contributed by atoms with Crippen LogP contribution in [0.4, 0.5) is 5.69 Å². The molecule has 1 aromatic heterocycles. The van der Waals surface area contributed by atoms with Crippen LogP contribution in [0.2, 0.25) is 10.0 Å². The fourth-order valence-electron chi connectivity index (χ4n) is 3.10. The lowest BCUT2D eigenvalue weighted by Gasteiger charge is -2.12. The van der Waals surface area contributed by atoms with Crippen molar-refractivity contribution < 1.29 is 18.7 Å². The zero-order valence-corrected chi connectivity index (χ0v) is 18.4. The van der Waals surface area contributed by atoms with Crippen LogP contribution in [-0.2, 0) is 4.79 Å². The van der Waals surface area contributed by atoms with Crippen LogP contribution < -0.4 is 20.2 Å². The molecule has 3 aromatic carbocycles. The molecule has 0 unspecified atom stereocenters. The van der Waals surface area contributed by atoms with Crippen LogP contribution in [0.15, 0.2) is 75.9 Å². The first-order chi connectivity index (χ1) is 15.5. The predicted octanol–water partition coefficient (Wildman–Crippen LogP) is 5.79. The summed E-state index contributed by atoms with van der Waals surface area (Å²) < 4.78 is 16.8. The Morgan fingerprint density at radius 1 is 1.00 bits per heavy atom. The maximum Gasteiger partial charge on any atom is 0.262 e. The maximum atomic E-state index is 13.1. The third-order valence-electron chi connectivity index (χ3n) is 4.66. The highest BCUT2D eigenvalue weighted by molar-refractivity contribution is 6.42. The molecule has 0 spiro atoms. The number of nitrogens with one attached hydrogen (secondary N) is 1. The second-order valence-corrected chi connectivity index (χ2v) is 7.59. The van der Waals surface area contributed by atoms with Gasteiger partial charge < -0.3 is 19.2 Å². The van der Waals surface area contributed by atoms with Crippen molar-refractivity contribution in [3.8, 4) is 22.8 Å². The Labute approximate surface area is 193 Å². The molecule has 0 bridgehead atoms. The molecular weight excluding hydrogens is 453 g/mol. The number of amides is 1. The fraction of sp³-hybridized carbons (Fsp3) is 0.0833. The van der Waals surface area contributed by atoms with Crippen molar-refractivity contribution in [3.63, 3.8) is 0 Å². The summed E-state index contributed by atoms with van der Waals surface area (Å²) >= 11 is 11.9. The number of hydrogen-bond acceptors (Lipinski definition) is 5. The van der Waals surface area contributed by atoms with Crippen molar-refractivity contribution in [3.05, 3.63) is 87.0 Å². The number of benzene rings is 3. The first-order valence-corrected chi connectivity index (χ1v) is 10.3. The predicted molar refractivity (Wildman–Crippen MR) is 125 cm³/mol. The molecule has 0 fully saturated rings. The standard InChI is InChI=1S/C24H17Cl2NO5/c1-30-16-9-6-14(7-10-16)23-24(22(29)17-4-2-3-5-20(17)32-23)31-13-21(28)27-15-8-11-18(25)19(26)12-15/h2-12H,13H2,1H3,(H,27,28). The minimum Gasteiger partial charge on any atom is -0.497 e. The lowest BCUT2D eigenvalue weighted by atomic mass is 10.1. The van der Waals surface area contributed by atoms with Gasteiger partial charge in [-0.25, -0.2) is 0 Å². The number of halogens is 2. The number of fused-ring (bicyclic) bond motifs is 1. The summed E-state index contributed by atoms with van der Waals surface area (Å²) in [5.74, 6) is 0.342. The lowest BCUT2D eigenvalue weighted by molar-refractivity contribution is -0.118. The quantitative estimate of drug-likeness (QED) is 0.386. The van der Waals surface area contributed by atoms with E-state index >= 15 is 0 Å². The average Bonchev–Trinajstić information content (AvgIpc) is 2.81. The number of rotatable bonds is 6. The molecule has 1 amide bonds. The SMILES string of the molecule is COc1ccc(-c2oc3ccccc3c(=O)c2OCC(=O)Nc2ccc(Cl)c(Cl)c2)cc1. The second kappa shape index (κ2) is 9.34. The van der Waals surface area contributed by atoms with Crippen molar-refractivity contribution in [2.45, 2.75) is 0 Å². The van der Waals surface area contributed by atoms with Crippen LogP contribution in [0.3, 0.4) is 0 Å². The van der Waals surface area contributed by atoms with Gasteiger partial charge in [0.1, 0.15) is 11.3 Å². The molecule has 0 aliphatic heterocycles. The molecule has 0 aliphatic carbocycles. The molecule has 6 nitrogen and oxygen atoms in total. The molecule has 1 N–H and O–H groups in total. The van der Waals surface area contributed by atoms with Gasteiger partial charge >= 0.3 is 0 Å². The van der Waals surface area contributed by atoms with Crippen LogP contribution in [0.5, 0.6) is 11.5 Å². The number of para-hydroxylation sites is 1. The molecule has 8 heteroatoms. The number of carbonyl (C=O) groups excluding carboxylic acids is 1. The Balaban J connectivity index is 1.65. The van der Waals surface area contributed by atoms with Crippen molar-refractivity contribution in [2.75, 3.05) is 19.0 Å². The van der Waals surface area contributed by atoms with Crippen molar-refractivity contribution >= 4 is 45.8 Å². The van der Waals surface area contributed by atoms with Gasteiger partial charge in [0.05, 0.1) is 22.5 Å². The molecule has 0 saturated carbocycles. The molecule has 0 saturated heterocycles. The molecule has 1 heterocycles. The topological polar surface area (TPSA) is 77.8 Å². The molecule has 0 aliphatic rings. The fourth-order valence-corrected chi connectivity index (χ4v) is 3.40. The van der Waals surface area contributed by atoms with E-state index in [9.17, 15) is 9.59 Å². The van der Waals surface area contributed by atoms with Gasteiger partial charge in [-0.2, -0.15) is 0 Å². The highest BCUT2D eigenvalue weighted by Gasteiger charge is 2.19. The van der Waals surface area contributed by atoms with E-state index in [2.05, 4.69) is 5.32 Å². The first kappa shape index (κ1) is 21.7. The largest absolute Gasteiger partial charge is 0.497 e. The Kier molecular flexibility index (Phi) is 6.35. The smallest absolute Gasteiger partial charge is 0.262 e. The molecule has 4 rings (SSSR count). The molecule has 162 valence electrons. The van der Waals surface area contributed by atoms with Gasteiger partial charge in [0, 0.05) is 11.3 Å². The van der Waals surface area contributed by atoms with E-state index in [-0.39, 0.29) is 16.9 Å². The van der Waals surface area contributed by atoms with Crippen molar-refractivity contribution in [1.29, 1.82) is 0 Å². The molecule has 0 atom stereocenters. The van der Waals surface area contributed by atoms with Crippen LogP contribution >= 0.6 is 23.2 Å². The number of methoxy groups -OCH3 is 1. The molecule has 4 aromatic rings. The van der Waals surface area contributed by atoms with Crippen LogP contribution in [-0.4, -0.2) is 19.6 Å². The Hall–Kier alpha value is -3.48. The summed E-state index contributed by atoms with van der Waals surface area (Å²) in [6.07, 6.45) is 0. The van der Waals surface area contributed by atoms with E-state index in [1.165, 1.54) is 6.07 Å².